The average molecular weight is 417 g/mol. The van der Waals surface area contributed by atoms with Crippen LogP contribution in [0.2, 0.25) is 0 Å². The first kappa shape index (κ1) is 24.9. The van der Waals surface area contributed by atoms with E-state index in [0.29, 0.717) is 18.2 Å². The number of benzene rings is 1. The van der Waals surface area contributed by atoms with Gasteiger partial charge in [0, 0.05) is 18.2 Å². The Morgan fingerprint density at radius 2 is 1.23 bits per heavy atom. The molecule has 1 aliphatic rings. The van der Waals surface area contributed by atoms with Crippen molar-refractivity contribution < 1.29 is 4.74 Å². The standard InChI is InChI=1S/C27H48N2O/c1-7-8-9-10-11-12-13-14-15-16-17-20-30-25-18-19-26-27(21-25)29(23(4)5)24(6)28(26)22(2)3/h18-19,21-24H,7-17,20H2,1-6H3. The van der Waals surface area contributed by atoms with Crippen molar-refractivity contribution in [2.45, 2.75) is 130 Å². The Balaban J connectivity index is 1.69. The molecule has 1 unspecified atom stereocenters. The summed E-state index contributed by atoms with van der Waals surface area (Å²) in [5, 5.41) is 0. The second kappa shape index (κ2) is 13.1. The Kier molecular flexibility index (Phi) is 10.9. The molecule has 30 heavy (non-hydrogen) atoms. The molecule has 0 saturated carbocycles. The lowest BCUT2D eigenvalue weighted by molar-refractivity contribution is 0.304. The van der Waals surface area contributed by atoms with Gasteiger partial charge >= 0.3 is 0 Å². The third-order valence-corrected chi connectivity index (χ3v) is 6.44. The molecule has 0 fully saturated rings. The number of nitrogens with zero attached hydrogens (tertiary/aromatic N) is 2. The molecular formula is C27H48N2O. The van der Waals surface area contributed by atoms with Crippen LogP contribution in [0.4, 0.5) is 11.4 Å². The molecule has 0 aliphatic carbocycles. The quantitative estimate of drug-likeness (QED) is 0.268. The van der Waals surface area contributed by atoms with E-state index < -0.39 is 0 Å². The fraction of sp³-hybridized carbons (Fsp3) is 0.778. The minimum atomic E-state index is 0.391. The summed E-state index contributed by atoms with van der Waals surface area (Å²) in [5.41, 5.74) is 2.66. The van der Waals surface area contributed by atoms with E-state index in [0.717, 1.165) is 18.8 Å². The lowest BCUT2D eigenvalue weighted by atomic mass is 10.1. The highest BCUT2D eigenvalue weighted by Gasteiger charge is 2.35. The van der Waals surface area contributed by atoms with Crippen molar-refractivity contribution in [1.29, 1.82) is 0 Å². The number of hydrogen-bond donors (Lipinski definition) is 0. The first-order valence-electron chi connectivity index (χ1n) is 12.8. The number of hydrogen-bond acceptors (Lipinski definition) is 3. The average Bonchev–Trinajstić information content (AvgIpc) is 3.00. The van der Waals surface area contributed by atoms with Gasteiger partial charge in [0.15, 0.2) is 0 Å². The molecule has 3 heteroatoms. The SMILES string of the molecule is CCCCCCCCCCCCCOc1ccc2c(c1)N(C(C)C)C(C)N2C(C)C. The van der Waals surface area contributed by atoms with E-state index >= 15 is 0 Å². The van der Waals surface area contributed by atoms with E-state index in [1.807, 2.05) is 0 Å². The van der Waals surface area contributed by atoms with Crippen LogP contribution in [-0.4, -0.2) is 24.9 Å². The van der Waals surface area contributed by atoms with E-state index in [1.54, 1.807) is 0 Å². The van der Waals surface area contributed by atoms with E-state index in [-0.39, 0.29) is 0 Å². The molecule has 1 atom stereocenters. The van der Waals surface area contributed by atoms with E-state index in [9.17, 15) is 0 Å². The Morgan fingerprint density at radius 3 is 1.77 bits per heavy atom. The van der Waals surface area contributed by atoms with Crippen LogP contribution in [0, 0.1) is 0 Å². The predicted molar refractivity (Wildman–Crippen MR) is 133 cm³/mol. The summed E-state index contributed by atoms with van der Waals surface area (Å²) in [6.45, 7) is 14.6. The molecule has 0 aromatic heterocycles. The predicted octanol–water partition coefficient (Wildman–Crippen LogP) is 8.17. The van der Waals surface area contributed by atoms with E-state index in [1.165, 1.54) is 75.6 Å². The molecule has 1 aromatic rings. The zero-order valence-corrected chi connectivity index (χ0v) is 20.8. The van der Waals surface area contributed by atoms with Crippen molar-refractivity contribution in [3.8, 4) is 5.75 Å². The molecular weight excluding hydrogens is 368 g/mol. The molecule has 0 radical (unpaired) electrons. The maximum Gasteiger partial charge on any atom is 0.121 e. The number of fused-ring (bicyclic) bond motifs is 1. The van der Waals surface area contributed by atoms with Gasteiger partial charge in [-0.05, 0) is 53.2 Å². The Bertz CT molecular complexity index is 599. The summed E-state index contributed by atoms with van der Waals surface area (Å²) in [4.78, 5) is 5.04. The van der Waals surface area contributed by atoms with Gasteiger partial charge in [0.1, 0.15) is 5.75 Å². The monoisotopic (exact) mass is 416 g/mol. The molecule has 1 aliphatic heterocycles. The van der Waals surface area contributed by atoms with Gasteiger partial charge in [-0.15, -0.1) is 0 Å². The van der Waals surface area contributed by atoms with Gasteiger partial charge in [-0.2, -0.15) is 0 Å². The van der Waals surface area contributed by atoms with Gasteiger partial charge in [-0.1, -0.05) is 71.1 Å². The molecule has 0 N–H and O–H groups in total. The largest absolute Gasteiger partial charge is 0.494 e. The summed E-state index contributed by atoms with van der Waals surface area (Å²) in [7, 11) is 0. The minimum Gasteiger partial charge on any atom is -0.494 e. The van der Waals surface area contributed by atoms with Crippen molar-refractivity contribution in [1.82, 2.24) is 0 Å². The molecule has 0 bridgehead atoms. The van der Waals surface area contributed by atoms with E-state index in [2.05, 4.69) is 69.5 Å². The topological polar surface area (TPSA) is 15.7 Å². The van der Waals surface area contributed by atoms with Gasteiger partial charge in [0.25, 0.3) is 0 Å². The van der Waals surface area contributed by atoms with Crippen LogP contribution in [0.25, 0.3) is 0 Å². The summed E-state index contributed by atoms with van der Waals surface area (Å²) in [5.74, 6) is 1.02. The van der Waals surface area contributed by atoms with E-state index in [4.69, 9.17) is 4.74 Å². The fourth-order valence-corrected chi connectivity index (χ4v) is 4.93. The first-order chi connectivity index (χ1) is 14.5. The van der Waals surface area contributed by atoms with Crippen LogP contribution in [0.3, 0.4) is 0 Å². The van der Waals surface area contributed by atoms with Crippen LogP contribution < -0.4 is 14.5 Å². The van der Waals surface area contributed by atoms with Crippen molar-refractivity contribution >= 4 is 11.4 Å². The highest BCUT2D eigenvalue weighted by Crippen LogP contribution is 2.43. The molecule has 2 rings (SSSR count). The fourth-order valence-electron chi connectivity index (χ4n) is 4.93. The highest BCUT2D eigenvalue weighted by atomic mass is 16.5. The molecule has 0 saturated heterocycles. The molecule has 0 spiro atoms. The first-order valence-corrected chi connectivity index (χ1v) is 12.8. The Labute approximate surface area is 187 Å². The van der Waals surface area contributed by atoms with Crippen molar-refractivity contribution in [2.24, 2.45) is 0 Å². The summed E-state index contributed by atoms with van der Waals surface area (Å²) >= 11 is 0. The highest BCUT2D eigenvalue weighted by molar-refractivity contribution is 5.79. The Hall–Kier alpha value is -1.38. The number of ether oxygens (including phenoxy) is 1. The zero-order chi connectivity index (χ0) is 21.9. The molecule has 1 heterocycles. The van der Waals surface area contributed by atoms with Gasteiger partial charge in [-0.3, -0.25) is 0 Å². The normalized spacial score (nSPS) is 16.1. The van der Waals surface area contributed by atoms with Crippen molar-refractivity contribution in [2.75, 3.05) is 16.4 Å². The van der Waals surface area contributed by atoms with Crippen LogP contribution >= 0.6 is 0 Å². The number of rotatable bonds is 15. The molecule has 1 aromatic carbocycles. The maximum absolute atomic E-state index is 6.13. The van der Waals surface area contributed by atoms with Crippen molar-refractivity contribution in [3.63, 3.8) is 0 Å². The molecule has 3 nitrogen and oxygen atoms in total. The summed E-state index contributed by atoms with van der Waals surface area (Å²) in [6.07, 6.45) is 15.5. The number of unbranched alkanes of at least 4 members (excludes halogenated alkanes) is 10. The second-order valence-corrected chi connectivity index (χ2v) is 9.67. The third kappa shape index (κ3) is 7.10. The number of anilines is 2. The van der Waals surface area contributed by atoms with Crippen molar-refractivity contribution in [3.05, 3.63) is 18.2 Å². The van der Waals surface area contributed by atoms with Crippen LogP contribution in [0.5, 0.6) is 5.75 Å². The Morgan fingerprint density at radius 1 is 0.733 bits per heavy atom. The maximum atomic E-state index is 6.13. The van der Waals surface area contributed by atoms with Gasteiger partial charge in [0.05, 0.1) is 24.1 Å². The lowest BCUT2D eigenvalue weighted by Crippen LogP contribution is -2.47. The van der Waals surface area contributed by atoms with Gasteiger partial charge < -0.3 is 14.5 Å². The van der Waals surface area contributed by atoms with Gasteiger partial charge in [0.2, 0.25) is 0 Å². The van der Waals surface area contributed by atoms with Crippen LogP contribution in [0.15, 0.2) is 18.2 Å². The third-order valence-electron chi connectivity index (χ3n) is 6.44. The van der Waals surface area contributed by atoms with Crippen LogP contribution in [-0.2, 0) is 0 Å². The smallest absolute Gasteiger partial charge is 0.121 e. The zero-order valence-electron chi connectivity index (χ0n) is 20.8. The minimum absolute atomic E-state index is 0.391. The van der Waals surface area contributed by atoms with Gasteiger partial charge in [-0.25, -0.2) is 0 Å². The molecule has 0 amide bonds. The summed E-state index contributed by atoms with van der Waals surface area (Å²) in [6, 6.07) is 7.63. The van der Waals surface area contributed by atoms with Crippen LogP contribution in [0.1, 0.15) is 112 Å². The summed E-state index contributed by atoms with van der Waals surface area (Å²) < 4.78 is 6.13. The second-order valence-electron chi connectivity index (χ2n) is 9.67. The lowest BCUT2D eigenvalue weighted by Gasteiger charge is -2.35. The molecule has 172 valence electrons.